The number of benzene rings is 3. The van der Waals surface area contributed by atoms with Crippen molar-refractivity contribution in [2.75, 3.05) is 6.26 Å². The molecule has 4 nitrogen and oxygen atoms in total. The maximum atomic E-state index is 13.5. The molecule has 0 N–H and O–H groups in total. The molecule has 0 bridgehead atoms. The Labute approximate surface area is 184 Å². The molecule has 0 fully saturated rings. The van der Waals surface area contributed by atoms with Crippen LogP contribution in [-0.4, -0.2) is 17.1 Å². The average molecular weight is 428 g/mol. The largest absolute Gasteiger partial charge is 0.450 e. The lowest BCUT2D eigenvalue weighted by molar-refractivity contribution is 0.0714. The number of para-hydroxylation sites is 1. The fourth-order valence-electron chi connectivity index (χ4n) is 4.15. The Morgan fingerprint density at radius 3 is 2.35 bits per heavy atom. The summed E-state index contributed by atoms with van der Waals surface area (Å²) < 4.78 is 5.99. The number of rotatable bonds is 4. The molecule has 2 heterocycles. The molecule has 1 aliphatic heterocycles. The summed E-state index contributed by atoms with van der Waals surface area (Å²) in [6.45, 7) is 2.43. The third-order valence-corrected chi connectivity index (χ3v) is 6.52. The monoisotopic (exact) mass is 427 g/mol. The van der Waals surface area contributed by atoms with Crippen molar-refractivity contribution in [2.45, 2.75) is 24.4 Å². The van der Waals surface area contributed by atoms with Gasteiger partial charge in [-0.3, -0.25) is 9.59 Å². The van der Waals surface area contributed by atoms with Gasteiger partial charge in [0.05, 0.1) is 17.0 Å². The highest BCUT2D eigenvalue weighted by Crippen LogP contribution is 2.39. The van der Waals surface area contributed by atoms with E-state index in [2.05, 4.69) is 0 Å². The smallest absolute Gasteiger partial charge is 0.291 e. The summed E-state index contributed by atoms with van der Waals surface area (Å²) in [5.74, 6) is -0.105. The normalized spacial score (nSPS) is 15.5. The number of hydrogen-bond donors (Lipinski definition) is 0. The Hall–Kier alpha value is -3.31. The van der Waals surface area contributed by atoms with Gasteiger partial charge in [0, 0.05) is 11.4 Å². The lowest BCUT2D eigenvalue weighted by Crippen LogP contribution is -2.29. The third-order valence-electron chi connectivity index (χ3n) is 5.78. The van der Waals surface area contributed by atoms with E-state index in [1.54, 1.807) is 34.9 Å². The van der Waals surface area contributed by atoms with Crippen molar-refractivity contribution in [1.29, 1.82) is 0 Å². The maximum absolute atomic E-state index is 13.5. The highest BCUT2D eigenvalue weighted by molar-refractivity contribution is 7.98. The van der Waals surface area contributed by atoms with Gasteiger partial charge in [0.1, 0.15) is 5.58 Å². The van der Waals surface area contributed by atoms with Crippen molar-refractivity contribution in [2.24, 2.45) is 0 Å². The molecule has 31 heavy (non-hydrogen) atoms. The van der Waals surface area contributed by atoms with E-state index in [4.69, 9.17) is 4.42 Å². The van der Waals surface area contributed by atoms with Crippen LogP contribution >= 0.6 is 11.8 Å². The van der Waals surface area contributed by atoms with Crippen LogP contribution in [0.15, 0.2) is 86.9 Å². The second kappa shape index (κ2) is 7.75. The number of carbonyl (C=O) groups is 1. The first-order valence-electron chi connectivity index (χ1n) is 10.1. The molecule has 5 rings (SSSR count). The molecule has 1 aliphatic rings. The predicted molar refractivity (Wildman–Crippen MR) is 124 cm³/mol. The predicted octanol–water partition coefficient (Wildman–Crippen LogP) is 5.57. The SMILES string of the molecule is CSc1ccc(C2c3c(oc4ccccc4c3=O)C(=O)N2Cc2ccc(C)cc2)cc1. The van der Waals surface area contributed by atoms with Crippen LogP contribution in [0.4, 0.5) is 0 Å². The minimum atomic E-state index is -0.486. The van der Waals surface area contributed by atoms with Crippen LogP contribution in [-0.2, 0) is 6.54 Å². The lowest BCUT2D eigenvalue weighted by Gasteiger charge is -2.25. The number of amides is 1. The van der Waals surface area contributed by atoms with E-state index < -0.39 is 6.04 Å². The van der Waals surface area contributed by atoms with Gasteiger partial charge in [-0.15, -0.1) is 11.8 Å². The number of carbonyl (C=O) groups excluding carboxylic acids is 1. The Bertz CT molecular complexity index is 1340. The van der Waals surface area contributed by atoms with Gasteiger partial charge in [0.15, 0.2) is 5.43 Å². The zero-order valence-electron chi connectivity index (χ0n) is 17.3. The Kier molecular flexibility index (Phi) is 4.91. The highest BCUT2D eigenvalue weighted by Gasteiger charge is 2.42. The van der Waals surface area contributed by atoms with Crippen molar-refractivity contribution in [3.63, 3.8) is 0 Å². The van der Waals surface area contributed by atoms with E-state index in [1.165, 1.54) is 0 Å². The topological polar surface area (TPSA) is 50.5 Å². The van der Waals surface area contributed by atoms with Crippen molar-refractivity contribution in [3.8, 4) is 0 Å². The van der Waals surface area contributed by atoms with Crippen LogP contribution < -0.4 is 5.43 Å². The van der Waals surface area contributed by atoms with Crippen LogP contribution in [0.25, 0.3) is 11.0 Å². The molecular formula is C26H21NO3S. The molecule has 0 saturated carbocycles. The second-order valence-corrected chi connectivity index (χ2v) is 8.64. The fraction of sp³-hybridized carbons (Fsp3) is 0.154. The first-order chi connectivity index (χ1) is 15.1. The van der Waals surface area contributed by atoms with Crippen LogP contribution in [0.5, 0.6) is 0 Å². The zero-order valence-corrected chi connectivity index (χ0v) is 18.1. The summed E-state index contributed by atoms with van der Waals surface area (Å²) in [5.41, 5.74) is 3.79. The van der Waals surface area contributed by atoms with Crippen LogP contribution in [0.3, 0.4) is 0 Å². The molecule has 1 aromatic heterocycles. The quantitative estimate of drug-likeness (QED) is 0.400. The number of aryl methyl sites for hydroxylation is 1. The maximum Gasteiger partial charge on any atom is 0.291 e. The van der Waals surface area contributed by atoms with Gasteiger partial charge in [-0.1, -0.05) is 54.1 Å². The van der Waals surface area contributed by atoms with Gasteiger partial charge in [0.25, 0.3) is 5.91 Å². The summed E-state index contributed by atoms with van der Waals surface area (Å²) in [6, 6.07) is 22.8. The van der Waals surface area contributed by atoms with E-state index in [0.29, 0.717) is 23.1 Å². The van der Waals surface area contributed by atoms with Crippen LogP contribution in [0, 0.1) is 6.92 Å². The molecule has 1 atom stereocenters. The van der Waals surface area contributed by atoms with Crippen molar-refractivity contribution in [3.05, 3.63) is 111 Å². The van der Waals surface area contributed by atoms with Crippen molar-refractivity contribution < 1.29 is 9.21 Å². The van der Waals surface area contributed by atoms with Crippen LogP contribution in [0.2, 0.25) is 0 Å². The standard InChI is InChI=1S/C26H21NO3S/c1-16-7-9-17(10-8-16)15-27-23(18-11-13-19(31-2)14-12-18)22-24(28)20-5-3-4-6-21(20)30-25(22)26(27)29/h3-14,23H,15H2,1-2H3. The molecule has 4 aromatic rings. The van der Waals surface area contributed by atoms with Crippen molar-refractivity contribution >= 4 is 28.6 Å². The van der Waals surface area contributed by atoms with E-state index in [-0.39, 0.29) is 17.1 Å². The Morgan fingerprint density at radius 2 is 1.65 bits per heavy atom. The zero-order chi connectivity index (χ0) is 21.5. The van der Waals surface area contributed by atoms with Gasteiger partial charge < -0.3 is 9.32 Å². The van der Waals surface area contributed by atoms with Gasteiger partial charge in [-0.25, -0.2) is 0 Å². The molecule has 154 valence electrons. The lowest BCUT2D eigenvalue weighted by atomic mass is 9.98. The Balaban J connectivity index is 1.69. The molecule has 1 amide bonds. The minimum absolute atomic E-state index is 0.143. The van der Waals surface area contributed by atoms with Crippen molar-refractivity contribution in [1.82, 2.24) is 4.90 Å². The number of hydrogen-bond acceptors (Lipinski definition) is 4. The minimum Gasteiger partial charge on any atom is -0.450 e. The molecule has 0 radical (unpaired) electrons. The second-order valence-electron chi connectivity index (χ2n) is 7.76. The van der Waals surface area contributed by atoms with Gasteiger partial charge in [-0.2, -0.15) is 0 Å². The van der Waals surface area contributed by atoms with Gasteiger partial charge in [0.2, 0.25) is 5.76 Å². The first kappa shape index (κ1) is 19.6. The summed E-state index contributed by atoms with van der Waals surface area (Å²) in [7, 11) is 0. The van der Waals surface area contributed by atoms with Gasteiger partial charge in [-0.05, 0) is 48.6 Å². The fourth-order valence-corrected chi connectivity index (χ4v) is 4.56. The summed E-state index contributed by atoms with van der Waals surface area (Å²) in [6.07, 6.45) is 2.02. The highest BCUT2D eigenvalue weighted by atomic mass is 32.2. The average Bonchev–Trinajstić information content (AvgIpc) is 3.07. The molecule has 1 unspecified atom stereocenters. The summed E-state index contributed by atoms with van der Waals surface area (Å²) >= 11 is 1.66. The van der Waals surface area contributed by atoms with E-state index >= 15 is 0 Å². The first-order valence-corrected chi connectivity index (χ1v) is 11.4. The number of nitrogens with zero attached hydrogens (tertiary/aromatic N) is 1. The Morgan fingerprint density at radius 1 is 0.935 bits per heavy atom. The van der Waals surface area contributed by atoms with Crippen LogP contribution in [0.1, 0.15) is 38.9 Å². The van der Waals surface area contributed by atoms with E-state index in [0.717, 1.165) is 21.6 Å². The number of thioether (sulfide) groups is 1. The third kappa shape index (κ3) is 3.35. The molecule has 0 saturated heterocycles. The molecule has 3 aromatic carbocycles. The van der Waals surface area contributed by atoms with Gasteiger partial charge >= 0.3 is 0 Å². The molecule has 0 spiro atoms. The van der Waals surface area contributed by atoms with E-state index in [1.807, 2.05) is 67.8 Å². The van der Waals surface area contributed by atoms with E-state index in [9.17, 15) is 9.59 Å². The number of fused-ring (bicyclic) bond motifs is 2. The summed E-state index contributed by atoms with van der Waals surface area (Å²) in [4.78, 5) is 29.8. The molecule has 5 heteroatoms. The molecular weight excluding hydrogens is 406 g/mol. The summed E-state index contributed by atoms with van der Waals surface area (Å²) in [5, 5.41) is 0.497. The molecule has 0 aliphatic carbocycles.